The van der Waals surface area contributed by atoms with Crippen molar-refractivity contribution >= 4 is 40.0 Å². The van der Waals surface area contributed by atoms with Crippen LogP contribution < -0.4 is 10.6 Å². The summed E-state index contributed by atoms with van der Waals surface area (Å²) in [6.07, 6.45) is 3.82. The van der Waals surface area contributed by atoms with E-state index in [-0.39, 0.29) is 16.9 Å². The summed E-state index contributed by atoms with van der Waals surface area (Å²) >= 11 is 5.17. The molecular formula is C18H18N4O2S. The van der Waals surface area contributed by atoms with Gasteiger partial charge in [0.25, 0.3) is 0 Å². The van der Waals surface area contributed by atoms with Crippen LogP contribution in [0.4, 0.5) is 5.69 Å². The fraction of sp³-hybridized carbons (Fsp3) is 0.222. The summed E-state index contributed by atoms with van der Waals surface area (Å²) in [5, 5.41) is 5.93. The van der Waals surface area contributed by atoms with Crippen molar-refractivity contribution in [3.05, 3.63) is 42.7 Å². The third-order valence-corrected chi connectivity index (χ3v) is 3.60. The SMILES string of the molecule is CC(C)CC(=O)NC(=S)Nc1ccc2oc(-c3cccnc3)nc2c1. The number of hydrogen-bond acceptors (Lipinski definition) is 5. The number of nitrogens with one attached hydrogen (secondary N) is 2. The third-order valence-electron chi connectivity index (χ3n) is 3.40. The second-order valence-corrected chi connectivity index (χ2v) is 6.45. The molecule has 3 aromatic rings. The molecular weight excluding hydrogens is 336 g/mol. The number of thiocarbonyl (C=S) groups is 1. The third kappa shape index (κ3) is 4.39. The summed E-state index contributed by atoms with van der Waals surface area (Å²) in [5.41, 5.74) is 2.90. The highest BCUT2D eigenvalue weighted by atomic mass is 32.1. The number of fused-ring (bicyclic) bond motifs is 1. The lowest BCUT2D eigenvalue weighted by Gasteiger charge is -2.10. The first-order chi connectivity index (χ1) is 12.0. The summed E-state index contributed by atoms with van der Waals surface area (Å²) in [4.78, 5) is 20.3. The van der Waals surface area contributed by atoms with Crippen LogP contribution in [0.25, 0.3) is 22.6 Å². The zero-order valence-corrected chi connectivity index (χ0v) is 14.8. The van der Waals surface area contributed by atoms with E-state index in [0.717, 1.165) is 11.3 Å². The average Bonchev–Trinajstić information content (AvgIpc) is 2.98. The van der Waals surface area contributed by atoms with Crippen molar-refractivity contribution in [2.45, 2.75) is 20.3 Å². The van der Waals surface area contributed by atoms with Crippen LogP contribution >= 0.6 is 12.2 Å². The van der Waals surface area contributed by atoms with Crippen LogP contribution in [0.3, 0.4) is 0 Å². The lowest BCUT2D eigenvalue weighted by Crippen LogP contribution is -2.34. The molecule has 2 N–H and O–H groups in total. The number of rotatable bonds is 4. The largest absolute Gasteiger partial charge is 0.436 e. The number of amides is 1. The number of carbonyl (C=O) groups is 1. The molecule has 2 heterocycles. The fourth-order valence-corrected chi connectivity index (χ4v) is 2.56. The smallest absolute Gasteiger partial charge is 0.228 e. The summed E-state index contributed by atoms with van der Waals surface area (Å²) in [6, 6.07) is 9.16. The fourth-order valence-electron chi connectivity index (χ4n) is 2.33. The molecule has 0 atom stereocenters. The Morgan fingerprint density at radius 2 is 2.16 bits per heavy atom. The monoisotopic (exact) mass is 354 g/mol. The Hall–Kier alpha value is -2.80. The Labute approximate surface area is 150 Å². The van der Waals surface area contributed by atoms with Crippen molar-refractivity contribution in [2.75, 3.05) is 5.32 Å². The van der Waals surface area contributed by atoms with E-state index in [9.17, 15) is 4.79 Å². The molecule has 0 spiro atoms. The molecule has 2 aromatic heterocycles. The number of pyridine rings is 1. The highest BCUT2D eigenvalue weighted by molar-refractivity contribution is 7.80. The lowest BCUT2D eigenvalue weighted by atomic mass is 10.1. The average molecular weight is 354 g/mol. The number of aromatic nitrogens is 2. The highest BCUT2D eigenvalue weighted by Gasteiger charge is 2.10. The van der Waals surface area contributed by atoms with Gasteiger partial charge in [-0.25, -0.2) is 4.98 Å². The van der Waals surface area contributed by atoms with Gasteiger partial charge in [-0.05, 0) is 48.5 Å². The van der Waals surface area contributed by atoms with Crippen LogP contribution in [0, 0.1) is 5.92 Å². The van der Waals surface area contributed by atoms with Gasteiger partial charge >= 0.3 is 0 Å². The van der Waals surface area contributed by atoms with Crippen molar-refractivity contribution in [2.24, 2.45) is 5.92 Å². The number of nitrogens with zero attached hydrogens (tertiary/aromatic N) is 2. The number of oxazole rings is 1. The number of hydrogen-bond donors (Lipinski definition) is 2. The number of carbonyl (C=O) groups excluding carboxylic acids is 1. The predicted octanol–water partition coefficient (Wildman–Crippen LogP) is 3.75. The molecule has 0 aliphatic rings. The molecule has 3 rings (SSSR count). The molecule has 0 saturated heterocycles. The van der Waals surface area contributed by atoms with Crippen LogP contribution in [0.15, 0.2) is 47.1 Å². The standard InChI is InChI=1S/C18H18N4O2S/c1-11(2)8-16(23)22-18(25)20-13-5-6-15-14(9-13)21-17(24-15)12-4-3-7-19-10-12/h3-7,9-11H,8H2,1-2H3,(H2,20,22,23,25). The molecule has 1 amide bonds. The van der Waals surface area contributed by atoms with Gasteiger partial charge in [0.2, 0.25) is 11.8 Å². The molecule has 0 bridgehead atoms. The van der Waals surface area contributed by atoms with E-state index in [2.05, 4.69) is 20.6 Å². The molecule has 0 radical (unpaired) electrons. The van der Waals surface area contributed by atoms with Gasteiger partial charge in [-0.15, -0.1) is 0 Å². The number of benzene rings is 1. The summed E-state index contributed by atoms with van der Waals surface area (Å²) in [5.74, 6) is 0.683. The predicted molar refractivity (Wildman–Crippen MR) is 101 cm³/mol. The molecule has 128 valence electrons. The minimum atomic E-state index is -0.103. The van der Waals surface area contributed by atoms with Gasteiger partial charge in [-0.2, -0.15) is 0 Å². The lowest BCUT2D eigenvalue weighted by molar-refractivity contribution is -0.120. The topological polar surface area (TPSA) is 80.0 Å². The molecule has 0 aliphatic carbocycles. The Morgan fingerprint density at radius 1 is 1.32 bits per heavy atom. The minimum Gasteiger partial charge on any atom is -0.436 e. The first-order valence-corrected chi connectivity index (χ1v) is 8.34. The maximum atomic E-state index is 11.8. The molecule has 1 aromatic carbocycles. The van der Waals surface area contributed by atoms with Crippen LogP contribution in [0.5, 0.6) is 0 Å². The van der Waals surface area contributed by atoms with Crippen molar-refractivity contribution in [1.82, 2.24) is 15.3 Å². The van der Waals surface area contributed by atoms with Gasteiger partial charge in [-0.3, -0.25) is 9.78 Å². The van der Waals surface area contributed by atoms with E-state index < -0.39 is 0 Å². The van der Waals surface area contributed by atoms with Crippen LogP contribution in [-0.2, 0) is 4.79 Å². The first-order valence-electron chi connectivity index (χ1n) is 7.93. The van der Waals surface area contributed by atoms with E-state index in [0.29, 0.717) is 23.4 Å². The zero-order valence-electron chi connectivity index (χ0n) is 13.9. The highest BCUT2D eigenvalue weighted by Crippen LogP contribution is 2.25. The molecule has 7 heteroatoms. The van der Waals surface area contributed by atoms with Crippen LogP contribution in [-0.4, -0.2) is 21.0 Å². The normalized spacial score (nSPS) is 10.8. The van der Waals surface area contributed by atoms with Crippen molar-refractivity contribution in [3.8, 4) is 11.5 Å². The maximum absolute atomic E-state index is 11.8. The van der Waals surface area contributed by atoms with Crippen molar-refractivity contribution in [1.29, 1.82) is 0 Å². The van der Waals surface area contributed by atoms with Crippen LogP contribution in [0.2, 0.25) is 0 Å². The Kier molecular flexibility index (Phi) is 5.04. The number of anilines is 1. The zero-order chi connectivity index (χ0) is 17.8. The van der Waals surface area contributed by atoms with Crippen molar-refractivity contribution < 1.29 is 9.21 Å². The second-order valence-electron chi connectivity index (χ2n) is 6.04. The Morgan fingerprint density at radius 3 is 2.88 bits per heavy atom. The molecule has 0 fully saturated rings. The van der Waals surface area contributed by atoms with E-state index >= 15 is 0 Å². The molecule has 0 unspecified atom stereocenters. The summed E-state index contributed by atoms with van der Waals surface area (Å²) in [7, 11) is 0. The molecule has 0 saturated carbocycles. The summed E-state index contributed by atoms with van der Waals surface area (Å²) in [6.45, 7) is 3.96. The van der Waals surface area contributed by atoms with E-state index in [4.69, 9.17) is 16.6 Å². The Bertz CT molecular complexity index is 906. The minimum absolute atomic E-state index is 0.103. The quantitative estimate of drug-likeness (QED) is 0.695. The Balaban J connectivity index is 1.73. The van der Waals surface area contributed by atoms with E-state index in [1.165, 1.54) is 0 Å². The maximum Gasteiger partial charge on any atom is 0.228 e. The molecule has 6 nitrogen and oxygen atoms in total. The van der Waals surface area contributed by atoms with Gasteiger partial charge in [0, 0.05) is 24.5 Å². The van der Waals surface area contributed by atoms with Gasteiger partial charge in [0.05, 0.1) is 5.56 Å². The summed E-state index contributed by atoms with van der Waals surface area (Å²) < 4.78 is 5.74. The first kappa shape index (κ1) is 17.0. The molecule has 25 heavy (non-hydrogen) atoms. The van der Waals surface area contributed by atoms with Crippen molar-refractivity contribution in [3.63, 3.8) is 0 Å². The molecule has 0 aliphatic heterocycles. The van der Waals surface area contributed by atoms with Gasteiger partial charge < -0.3 is 15.1 Å². The van der Waals surface area contributed by atoms with Crippen LogP contribution in [0.1, 0.15) is 20.3 Å². The van der Waals surface area contributed by atoms with E-state index in [1.54, 1.807) is 12.4 Å². The van der Waals surface area contributed by atoms with E-state index in [1.807, 2.05) is 44.2 Å². The van der Waals surface area contributed by atoms with Gasteiger partial charge in [0.1, 0.15) is 5.52 Å². The second kappa shape index (κ2) is 7.40. The van der Waals surface area contributed by atoms with Gasteiger partial charge in [-0.1, -0.05) is 13.8 Å². The van der Waals surface area contributed by atoms with Gasteiger partial charge in [0.15, 0.2) is 10.7 Å².